The van der Waals surface area contributed by atoms with Gasteiger partial charge >= 0.3 is 6.18 Å². The summed E-state index contributed by atoms with van der Waals surface area (Å²) in [7, 11) is 0. The van der Waals surface area contributed by atoms with Crippen LogP contribution < -0.4 is 10.6 Å². The van der Waals surface area contributed by atoms with Crippen molar-refractivity contribution in [3.63, 3.8) is 0 Å². The quantitative estimate of drug-likeness (QED) is 0.448. The lowest BCUT2D eigenvalue weighted by Gasteiger charge is -2.60. The maximum atomic E-state index is 13.5. The number of amides is 1. The molecule has 9 heteroatoms. The highest BCUT2D eigenvalue weighted by Crippen LogP contribution is 2.61. The highest BCUT2D eigenvalue weighted by atomic mass is 35.5. The molecule has 1 saturated heterocycles. The molecule has 5 nitrogen and oxygen atoms in total. The number of carbonyl (C=O) groups is 1. The van der Waals surface area contributed by atoms with Crippen molar-refractivity contribution in [1.29, 1.82) is 0 Å². The summed E-state index contributed by atoms with van der Waals surface area (Å²) in [4.78, 5) is 13.3. The standard InChI is InChI=1S/C29H39F3N4O.ClH/c1-27(2,3)36-12-11-23(35-36)21-15-24(34-25(21)17-7-6-8-20(13-17)29(30,31)32)26(37)33-16-18-9-10-19-14-22(18)28(19,4)5;/h6-8,11-13,18-19,21-22,24-25,34H,9-10,14-16H2,1-5H3,(H,33,37);1H/t18-,19?,21?,22?,24-,25-;/m0./s1. The van der Waals surface area contributed by atoms with Gasteiger partial charge in [0.25, 0.3) is 0 Å². The number of benzene rings is 1. The van der Waals surface area contributed by atoms with Gasteiger partial charge < -0.3 is 5.32 Å². The Labute approximate surface area is 229 Å². The first-order valence-corrected chi connectivity index (χ1v) is 13.5. The molecule has 3 aliphatic carbocycles. The molecule has 3 saturated carbocycles. The van der Waals surface area contributed by atoms with Crippen molar-refractivity contribution in [2.75, 3.05) is 6.54 Å². The Morgan fingerprint density at radius 3 is 2.50 bits per heavy atom. The molecule has 6 rings (SSSR count). The molecule has 1 aromatic heterocycles. The normalized spacial score (nSPS) is 30.3. The first-order chi connectivity index (χ1) is 17.2. The molecule has 38 heavy (non-hydrogen) atoms. The van der Waals surface area contributed by atoms with Crippen LogP contribution in [-0.4, -0.2) is 28.3 Å². The van der Waals surface area contributed by atoms with Crippen molar-refractivity contribution >= 4 is 18.3 Å². The van der Waals surface area contributed by atoms with Crippen molar-refractivity contribution in [3.8, 4) is 0 Å². The maximum absolute atomic E-state index is 13.5. The highest BCUT2D eigenvalue weighted by molar-refractivity contribution is 5.85. The Morgan fingerprint density at radius 1 is 1.16 bits per heavy atom. The fraction of sp³-hybridized carbons (Fsp3) is 0.655. The fourth-order valence-electron chi connectivity index (χ4n) is 6.97. The van der Waals surface area contributed by atoms with E-state index in [2.05, 4.69) is 24.5 Å². The lowest BCUT2D eigenvalue weighted by molar-refractivity contribution is -0.137. The summed E-state index contributed by atoms with van der Waals surface area (Å²) in [6, 6.07) is 6.42. The van der Waals surface area contributed by atoms with Crippen LogP contribution in [0.15, 0.2) is 36.5 Å². The van der Waals surface area contributed by atoms with E-state index in [1.807, 2.05) is 37.7 Å². The summed E-state index contributed by atoms with van der Waals surface area (Å²) in [5, 5.41) is 11.3. The number of aromatic nitrogens is 2. The molecule has 6 atom stereocenters. The van der Waals surface area contributed by atoms with Crippen molar-refractivity contribution in [3.05, 3.63) is 53.3 Å². The van der Waals surface area contributed by atoms with Gasteiger partial charge in [0.15, 0.2) is 0 Å². The minimum Gasteiger partial charge on any atom is -0.354 e. The van der Waals surface area contributed by atoms with Gasteiger partial charge in [0.2, 0.25) is 5.91 Å². The maximum Gasteiger partial charge on any atom is 0.416 e. The third-order valence-corrected chi connectivity index (χ3v) is 9.38. The van der Waals surface area contributed by atoms with E-state index in [1.54, 1.807) is 6.07 Å². The van der Waals surface area contributed by atoms with Gasteiger partial charge in [0, 0.05) is 24.7 Å². The van der Waals surface area contributed by atoms with Crippen LogP contribution in [-0.2, 0) is 16.5 Å². The van der Waals surface area contributed by atoms with Crippen LogP contribution in [0.5, 0.6) is 0 Å². The number of alkyl halides is 3. The Morgan fingerprint density at radius 2 is 1.89 bits per heavy atom. The smallest absolute Gasteiger partial charge is 0.354 e. The summed E-state index contributed by atoms with van der Waals surface area (Å²) in [6.07, 6.45) is 1.59. The van der Waals surface area contributed by atoms with Crippen LogP contribution in [0.25, 0.3) is 0 Å². The molecule has 2 heterocycles. The molecule has 1 aromatic carbocycles. The summed E-state index contributed by atoms with van der Waals surface area (Å²) in [5.41, 5.74) is 0.758. The zero-order valence-corrected chi connectivity index (χ0v) is 23.6. The van der Waals surface area contributed by atoms with Crippen LogP contribution in [0.4, 0.5) is 13.2 Å². The molecule has 0 spiro atoms. The lowest BCUT2D eigenvalue weighted by atomic mass is 9.45. The van der Waals surface area contributed by atoms with Crippen molar-refractivity contribution in [2.24, 2.45) is 23.2 Å². The zero-order valence-electron chi connectivity index (χ0n) is 22.8. The molecule has 210 valence electrons. The molecule has 1 amide bonds. The van der Waals surface area contributed by atoms with Crippen LogP contribution in [0.2, 0.25) is 0 Å². The molecule has 2 bridgehead atoms. The fourth-order valence-corrected chi connectivity index (χ4v) is 6.97. The Hall–Kier alpha value is -2.06. The molecule has 2 aromatic rings. The monoisotopic (exact) mass is 552 g/mol. The summed E-state index contributed by atoms with van der Waals surface area (Å²) < 4.78 is 42.3. The molecular formula is C29H40ClF3N4O. The predicted molar refractivity (Wildman–Crippen MR) is 144 cm³/mol. The Bertz CT molecular complexity index is 1150. The van der Waals surface area contributed by atoms with Gasteiger partial charge in [-0.25, -0.2) is 0 Å². The number of hydrogen-bond acceptors (Lipinski definition) is 3. The molecule has 2 N–H and O–H groups in total. The van der Waals surface area contributed by atoms with Crippen LogP contribution in [0.1, 0.15) is 89.1 Å². The minimum absolute atomic E-state index is 0. The topological polar surface area (TPSA) is 59.0 Å². The van der Waals surface area contributed by atoms with E-state index in [4.69, 9.17) is 5.10 Å². The Kier molecular flexibility index (Phi) is 7.74. The van der Waals surface area contributed by atoms with Gasteiger partial charge in [0.05, 0.1) is 22.8 Å². The zero-order chi connectivity index (χ0) is 26.8. The molecule has 4 aliphatic rings. The second kappa shape index (κ2) is 10.2. The van der Waals surface area contributed by atoms with Crippen LogP contribution >= 0.6 is 12.4 Å². The van der Waals surface area contributed by atoms with Gasteiger partial charge in [-0.1, -0.05) is 26.0 Å². The van der Waals surface area contributed by atoms with E-state index < -0.39 is 23.8 Å². The third kappa shape index (κ3) is 5.35. The van der Waals surface area contributed by atoms with Gasteiger partial charge in [-0.05, 0) is 93.4 Å². The highest BCUT2D eigenvalue weighted by Gasteiger charge is 2.54. The SMILES string of the molecule is CC1(C)C2CC[C@@H](CNC(=O)[C@@H]3CC(c4ccn(C(C)(C)C)n4)[C@H](c4cccc(C(F)(F)F)c4)N3)C1C2.Cl. The average Bonchev–Trinajstić information content (AvgIpc) is 3.50. The van der Waals surface area contributed by atoms with Gasteiger partial charge in [-0.3, -0.25) is 14.8 Å². The number of rotatable bonds is 5. The average molecular weight is 553 g/mol. The molecule has 1 aliphatic heterocycles. The van der Waals surface area contributed by atoms with E-state index in [1.165, 1.54) is 25.0 Å². The van der Waals surface area contributed by atoms with Gasteiger partial charge in [-0.15, -0.1) is 12.4 Å². The van der Waals surface area contributed by atoms with E-state index in [9.17, 15) is 18.0 Å². The third-order valence-electron chi connectivity index (χ3n) is 9.38. The lowest BCUT2D eigenvalue weighted by Crippen LogP contribution is -2.55. The summed E-state index contributed by atoms with van der Waals surface area (Å²) in [6.45, 7) is 11.5. The Balaban J connectivity index is 0.00000336. The van der Waals surface area contributed by atoms with E-state index in [0.29, 0.717) is 35.8 Å². The predicted octanol–water partition coefficient (Wildman–Crippen LogP) is 6.45. The minimum atomic E-state index is -4.43. The van der Waals surface area contributed by atoms with Crippen LogP contribution in [0.3, 0.4) is 0 Å². The van der Waals surface area contributed by atoms with Gasteiger partial charge in [-0.2, -0.15) is 18.3 Å². The second-order valence-electron chi connectivity index (χ2n) is 13.0. The second-order valence-corrected chi connectivity index (χ2v) is 13.0. The first kappa shape index (κ1) is 28.9. The summed E-state index contributed by atoms with van der Waals surface area (Å²) in [5.74, 6) is 1.65. The molecule has 3 unspecified atom stereocenters. The van der Waals surface area contributed by atoms with Crippen LogP contribution in [0, 0.1) is 23.2 Å². The van der Waals surface area contributed by atoms with Crippen molar-refractivity contribution < 1.29 is 18.0 Å². The van der Waals surface area contributed by atoms with Crippen molar-refractivity contribution in [1.82, 2.24) is 20.4 Å². The number of hydrogen-bond donors (Lipinski definition) is 2. The number of nitrogens with zero attached hydrogens (tertiary/aromatic N) is 2. The largest absolute Gasteiger partial charge is 0.416 e. The number of carbonyl (C=O) groups excluding carboxylic acids is 1. The van der Waals surface area contributed by atoms with Gasteiger partial charge in [0.1, 0.15) is 0 Å². The summed E-state index contributed by atoms with van der Waals surface area (Å²) >= 11 is 0. The number of fused-ring (bicyclic) bond motifs is 2. The van der Waals surface area contributed by atoms with E-state index >= 15 is 0 Å². The van der Waals surface area contributed by atoms with E-state index in [-0.39, 0.29) is 29.8 Å². The molecule has 0 radical (unpaired) electrons. The molecule has 4 fully saturated rings. The first-order valence-electron chi connectivity index (χ1n) is 13.5. The number of halogens is 4. The molecular weight excluding hydrogens is 513 g/mol. The van der Waals surface area contributed by atoms with E-state index in [0.717, 1.165) is 24.1 Å². The number of nitrogens with one attached hydrogen (secondary N) is 2. The van der Waals surface area contributed by atoms with Crippen molar-refractivity contribution in [2.45, 2.75) is 90.0 Å².